The third kappa shape index (κ3) is 3.69. The maximum atomic E-state index is 3.83. The average molecular weight is 646 g/mol. The molecule has 0 atom stereocenters. The van der Waals surface area contributed by atoms with Gasteiger partial charge in [0.1, 0.15) is 0 Å². The lowest BCUT2D eigenvalue weighted by atomic mass is 9.97. The van der Waals surface area contributed by atoms with Gasteiger partial charge < -0.3 is 0 Å². The van der Waals surface area contributed by atoms with Crippen molar-refractivity contribution in [3.63, 3.8) is 0 Å². The van der Waals surface area contributed by atoms with E-state index in [0.29, 0.717) is 0 Å². The van der Waals surface area contributed by atoms with E-state index in [1.165, 1.54) is 21.5 Å². The Morgan fingerprint density at radius 1 is 0.333 bits per heavy atom. The van der Waals surface area contributed by atoms with E-state index in [1.54, 1.807) is 0 Å². The summed E-state index contributed by atoms with van der Waals surface area (Å²) >= 11 is 15.2. The highest BCUT2D eigenvalue weighted by atomic mass is 79.9. The SMILES string of the molecule is Brc1cc(-c2cc3ccccc3cc2Br)c(Br)cc1-c1cc2ccccc2cc1Br. The molecule has 0 N–H and O–H groups in total. The second-order valence-corrected chi connectivity index (χ2v) is 10.6. The molecular formula is C26H14Br4. The Hall–Kier alpha value is -1.46. The molecule has 0 spiro atoms. The normalized spacial score (nSPS) is 11.3. The first-order chi connectivity index (χ1) is 14.5. The minimum absolute atomic E-state index is 1.05. The first-order valence-corrected chi connectivity index (χ1v) is 12.5. The van der Waals surface area contributed by atoms with Crippen LogP contribution in [0.2, 0.25) is 0 Å². The van der Waals surface area contributed by atoms with Crippen molar-refractivity contribution in [2.24, 2.45) is 0 Å². The second-order valence-electron chi connectivity index (χ2n) is 7.17. The van der Waals surface area contributed by atoms with Crippen LogP contribution in [-0.4, -0.2) is 0 Å². The van der Waals surface area contributed by atoms with Gasteiger partial charge in [0, 0.05) is 17.9 Å². The van der Waals surface area contributed by atoms with Crippen LogP contribution in [0, 0.1) is 0 Å². The summed E-state index contributed by atoms with van der Waals surface area (Å²) in [6.07, 6.45) is 0. The maximum absolute atomic E-state index is 3.83. The van der Waals surface area contributed by atoms with Crippen LogP contribution in [0.5, 0.6) is 0 Å². The summed E-state index contributed by atoms with van der Waals surface area (Å²) in [5.41, 5.74) is 4.59. The van der Waals surface area contributed by atoms with Gasteiger partial charge in [0.05, 0.1) is 0 Å². The van der Waals surface area contributed by atoms with Crippen LogP contribution in [0.1, 0.15) is 0 Å². The highest BCUT2D eigenvalue weighted by Crippen LogP contribution is 2.43. The molecular weight excluding hydrogens is 632 g/mol. The quantitative estimate of drug-likeness (QED) is 0.179. The van der Waals surface area contributed by atoms with E-state index < -0.39 is 0 Å². The lowest BCUT2D eigenvalue weighted by Gasteiger charge is -2.15. The van der Waals surface area contributed by atoms with Crippen LogP contribution in [0.3, 0.4) is 0 Å². The fraction of sp³-hybridized carbons (Fsp3) is 0. The Balaban J connectivity index is 1.68. The molecule has 0 saturated carbocycles. The highest BCUT2D eigenvalue weighted by molar-refractivity contribution is 9.11. The Labute approximate surface area is 208 Å². The maximum Gasteiger partial charge on any atom is 0.0261 e. The van der Waals surface area contributed by atoms with Crippen LogP contribution in [0.15, 0.2) is 103 Å². The van der Waals surface area contributed by atoms with Crippen molar-refractivity contribution in [3.8, 4) is 22.3 Å². The van der Waals surface area contributed by atoms with Crippen LogP contribution in [0.4, 0.5) is 0 Å². The highest BCUT2D eigenvalue weighted by Gasteiger charge is 2.15. The van der Waals surface area contributed by atoms with Crippen LogP contribution >= 0.6 is 63.7 Å². The molecule has 0 radical (unpaired) electrons. The standard InChI is InChI=1S/C26H14Br4/c27-23-11-17-7-3-1-5-15(17)9-19(23)21-13-26(30)22(14-25(21)29)20-10-16-6-2-4-8-18(16)12-24(20)28/h1-14H. The van der Waals surface area contributed by atoms with Crippen molar-refractivity contribution >= 4 is 85.3 Å². The molecule has 146 valence electrons. The van der Waals surface area contributed by atoms with E-state index in [1.807, 2.05) is 0 Å². The van der Waals surface area contributed by atoms with E-state index >= 15 is 0 Å². The number of fused-ring (bicyclic) bond motifs is 2. The fourth-order valence-corrected chi connectivity index (χ4v) is 6.06. The van der Waals surface area contributed by atoms with Gasteiger partial charge in [-0.15, -0.1) is 0 Å². The molecule has 0 nitrogen and oxygen atoms in total. The molecule has 0 unspecified atom stereocenters. The van der Waals surface area contributed by atoms with Gasteiger partial charge in [0.15, 0.2) is 0 Å². The van der Waals surface area contributed by atoms with E-state index in [4.69, 9.17) is 0 Å². The summed E-state index contributed by atoms with van der Waals surface area (Å²) in [6.45, 7) is 0. The Morgan fingerprint density at radius 3 is 0.967 bits per heavy atom. The first kappa shape index (κ1) is 20.4. The number of benzene rings is 5. The van der Waals surface area contributed by atoms with Gasteiger partial charge in [-0.05, 0) is 80.2 Å². The van der Waals surface area contributed by atoms with Gasteiger partial charge in [0.2, 0.25) is 0 Å². The number of hydrogen-bond acceptors (Lipinski definition) is 0. The van der Waals surface area contributed by atoms with E-state index in [-0.39, 0.29) is 0 Å². The minimum atomic E-state index is 1.05. The van der Waals surface area contributed by atoms with Gasteiger partial charge in [-0.1, -0.05) is 112 Å². The molecule has 0 aliphatic heterocycles. The number of hydrogen-bond donors (Lipinski definition) is 0. The second kappa shape index (κ2) is 8.23. The van der Waals surface area contributed by atoms with Gasteiger partial charge in [-0.3, -0.25) is 0 Å². The number of halogens is 4. The zero-order chi connectivity index (χ0) is 20.8. The van der Waals surface area contributed by atoms with Crippen molar-refractivity contribution < 1.29 is 0 Å². The molecule has 30 heavy (non-hydrogen) atoms. The smallest absolute Gasteiger partial charge is 0.0261 e. The van der Waals surface area contributed by atoms with Crippen molar-refractivity contribution in [2.45, 2.75) is 0 Å². The predicted octanol–water partition coefficient (Wildman–Crippen LogP) is 10.4. The monoisotopic (exact) mass is 642 g/mol. The average Bonchev–Trinajstić information content (AvgIpc) is 2.74. The topological polar surface area (TPSA) is 0 Å². The van der Waals surface area contributed by atoms with Crippen molar-refractivity contribution in [3.05, 3.63) is 103 Å². The third-order valence-electron chi connectivity index (χ3n) is 5.31. The minimum Gasteiger partial charge on any atom is -0.0616 e. The molecule has 0 heterocycles. The van der Waals surface area contributed by atoms with Crippen LogP contribution in [0.25, 0.3) is 43.8 Å². The van der Waals surface area contributed by atoms with E-state index in [2.05, 4.69) is 149 Å². The Morgan fingerprint density at radius 2 is 0.600 bits per heavy atom. The van der Waals surface area contributed by atoms with Crippen LogP contribution in [-0.2, 0) is 0 Å². The molecule has 0 aliphatic carbocycles. The van der Waals surface area contributed by atoms with Crippen LogP contribution < -0.4 is 0 Å². The van der Waals surface area contributed by atoms with Crippen molar-refractivity contribution in [1.82, 2.24) is 0 Å². The lowest BCUT2D eigenvalue weighted by Crippen LogP contribution is -1.89. The molecule has 0 aliphatic rings. The Kier molecular flexibility index (Phi) is 5.61. The van der Waals surface area contributed by atoms with Gasteiger partial charge in [-0.25, -0.2) is 0 Å². The predicted molar refractivity (Wildman–Crippen MR) is 143 cm³/mol. The molecule has 5 aromatic rings. The summed E-state index contributed by atoms with van der Waals surface area (Å²) < 4.78 is 4.26. The zero-order valence-electron chi connectivity index (χ0n) is 15.6. The summed E-state index contributed by atoms with van der Waals surface area (Å²) in [5.74, 6) is 0. The molecule has 5 aromatic carbocycles. The van der Waals surface area contributed by atoms with E-state index in [0.717, 1.165) is 40.1 Å². The van der Waals surface area contributed by atoms with Gasteiger partial charge in [-0.2, -0.15) is 0 Å². The van der Waals surface area contributed by atoms with Gasteiger partial charge in [0.25, 0.3) is 0 Å². The van der Waals surface area contributed by atoms with E-state index in [9.17, 15) is 0 Å². The molecule has 0 bridgehead atoms. The third-order valence-corrected chi connectivity index (χ3v) is 7.93. The lowest BCUT2D eigenvalue weighted by molar-refractivity contribution is 1.53. The molecule has 4 heteroatoms. The van der Waals surface area contributed by atoms with Crippen molar-refractivity contribution in [1.29, 1.82) is 0 Å². The molecule has 0 saturated heterocycles. The zero-order valence-corrected chi connectivity index (χ0v) is 21.9. The largest absolute Gasteiger partial charge is 0.0616 e. The fourth-order valence-electron chi connectivity index (χ4n) is 3.80. The summed E-state index contributed by atoms with van der Waals surface area (Å²) in [6, 6.07) is 30.1. The molecule has 0 fully saturated rings. The van der Waals surface area contributed by atoms with Crippen molar-refractivity contribution in [2.75, 3.05) is 0 Å². The van der Waals surface area contributed by atoms with Gasteiger partial charge >= 0.3 is 0 Å². The molecule has 5 rings (SSSR count). The summed E-state index contributed by atoms with van der Waals surface area (Å²) in [4.78, 5) is 0. The first-order valence-electron chi connectivity index (χ1n) is 9.37. The summed E-state index contributed by atoms with van der Waals surface area (Å²) in [5, 5.41) is 4.89. The molecule has 0 aromatic heterocycles. The molecule has 0 amide bonds. The number of rotatable bonds is 2. The summed E-state index contributed by atoms with van der Waals surface area (Å²) in [7, 11) is 0. The Bertz CT molecular complexity index is 1330.